The van der Waals surface area contributed by atoms with E-state index in [1.807, 2.05) is 40.7 Å². The number of hydrogen-bond donors (Lipinski definition) is 3. The molecule has 1 aromatic rings. The fraction of sp³-hybridized carbons (Fsp3) is 0.643. The Morgan fingerprint density at radius 3 is 2.20 bits per heavy atom. The average Bonchev–Trinajstić information content (AvgIpc) is 2.92. The van der Waals surface area contributed by atoms with Gasteiger partial charge in [-0.1, -0.05) is 64.9 Å². The predicted molar refractivity (Wildman–Crippen MR) is 172 cm³/mol. The summed E-state index contributed by atoms with van der Waals surface area (Å²) < 4.78 is 5.43. The lowest BCUT2D eigenvalue weighted by Gasteiger charge is -2.24. The SMILES string of the molecule is BCN(CCN(C)C)C(=O)OCc1ccc(NC(=O)[C@H](C)NC(=O)[C@@H](NC(=O)BBC(C)CCCC)C(C)C)cc1. The third-order valence-corrected chi connectivity index (χ3v) is 6.97. The molecule has 0 aliphatic rings. The molecule has 0 radical (unpaired) electrons. The number of nitrogens with zero attached hydrogens (tertiary/aromatic N) is 2. The summed E-state index contributed by atoms with van der Waals surface area (Å²) >= 11 is 0. The minimum atomic E-state index is -0.808. The Morgan fingerprint density at radius 2 is 1.63 bits per heavy atom. The topological polar surface area (TPSA) is 120 Å². The maximum atomic E-state index is 12.9. The molecule has 0 saturated heterocycles. The third-order valence-electron chi connectivity index (χ3n) is 6.97. The third kappa shape index (κ3) is 14.5. The van der Waals surface area contributed by atoms with Crippen LogP contribution in [0.15, 0.2) is 24.3 Å². The van der Waals surface area contributed by atoms with Crippen LogP contribution in [0.3, 0.4) is 0 Å². The highest BCUT2D eigenvalue weighted by Crippen LogP contribution is 2.13. The van der Waals surface area contributed by atoms with E-state index in [1.54, 1.807) is 36.1 Å². The number of unbranched alkanes of at least 4 members (excludes halogenated alkanes) is 1. The number of carbonyl (C=O) groups excluding carboxylic acids is 4. The van der Waals surface area contributed by atoms with Crippen molar-refractivity contribution in [2.75, 3.05) is 38.9 Å². The van der Waals surface area contributed by atoms with Gasteiger partial charge in [0.1, 0.15) is 33.7 Å². The molecule has 0 aromatic heterocycles. The summed E-state index contributed by atoms with van der Waals surface area (Å²) in [4.78, 5) is 54.2. The standard InChI is InChI=1S/C28H50B3N5O5/c1-8-9-10-20(4)30-31-27(39)34-24(19(2)3)26(38)32-21(5)25(37)33-23-13-11-22(12-14-23)17-41-28(40)36(18-29)16-15-35(6)7/h11-14,19-21,24,30-31H,8-10,15-18,29H2,1-7H3,(H,32,38)(H,33,37)(H,34,39)/t20?,21-,24-/m0/s1. The number of ether oxygens (including phenoxy) is 1. The van der Waals surface area contributed by atoms with Gasteiger partial charge in [-0.15, -0.1) is 0 Å². The van der Waals surface area contributed by atoms with E-state index in [0.717, 1.165) is 38.5 Å². The van der Waals surface area contributed by atoms with Crippen LogP contribution < -0.4 is 16.0 Å². The highest BCUT2D eigenvalue weighted by molar-refractivity contribution is 7.16. The number of carbonyl (C=O) groups is 4. The van der Waals surface area contributed by atoms with E-state index in [9.17, 15) is 19.2 Å². The van der Waals surface area contributed by atoms with Crippen molar-refractivity contribution in [3.8, 4) is 0 Å². The molecule has 226 valence electrons. The summed E-state index contributed by atoms with van der Waals surface area (Å²) in [6.07, 6.45) is 3.57. The van der Waals surface area contributed by atoms with Crippen LogP contribution in [0.25, 0.3) is 0 Å². The lowest BCUT2D eigenvalue weighted by atomic mass is 9.33. The van der Waals surface area contributed by atoms with Crippen LogP contribution in [-0.4, -0.2) is 101 Å². The maximum Gasteiger partial charge on any atom is 0.409 e. The van der Waals surface area contributed by atoms with Gasteiger partial charge in [0.25, 0.3) is 0 Å². The van der Waals surface area contributed by atoms with Gasteiger partial charge in [0.2, 0.25) is 11.8 Å². The first kappa shape index (κ1) is 36.1. The first-order valence-corrected chi connectivity index (χ1v) is 14.9. The van der Waals surface area contributed by atoms with Crippen LogP contribution >= 0.6 is 0 Å². The quantitative estimate of drug-likeness (QED) is 0.232. The molecule has 10 nitrogen and oxygen atoms in total. The molecule has 1 aromatic carbocycles. The van der Waals surface area contributed by atoms with Crippen molar-refractivity contribution in [3.63, 3.8) is 0 Å². The average molecular weight is 569 g/mol. The van der Waals surface area contributed by atoms with Gasteiger partial charge >= 0.3 is 6.09 Å². The molecular formula is C28H50B3N5O5. The minimum Gasteiger partial charge on any atom is -0.445 e. The monoisotopic (exact) mass is 569 g/mol. The molecule has 0 saturated carbocycles. The Balaban J connectivity index is 2.58. The number of nitrogens with one attached hydrogen (secondary N) is 3. The van der Waals surface area contributed by atoms with Crippen molar-refractivity contribution in [2.45, 2.75) is 78.4 Å². The van der Waals surface area contributed by atoms with Crippen LogP contribution in [0.5, 0.6) is 0 Å². The Labute approximate surface area is 248 Å². The zero-order valence-electron chi connectivity index (χ0n) is 26.4. The number of benzene rings is 1. The smallest absolute Gasteiger partial charge is 0.409 e. The molecule has 3 atom stereocenters. The lowest BCUT2D eigenvalue weighted by molar-refractivity contribution is -0.128. The number of amides is 4. The van der Waals surface area contributed by atoms with E-state index in [0.29, 0.717) is 31.7 Å². The summed E-state index contributed by atoms with van der Waals surface area (Å²) in [5.41, 5.74) is 1.34. The fourth-order valence-electron chi connectivity index (χ4n) is 4.09. The zero-order chi connectivity index (χ0) is 30.9. The Hall–Kier alpha value is -2.95. The summed E-state index contributed by atoms with van der Waals surface area (Å²) in [6.45, 7) is 11.1. The fourth-order valence-corrected chi connectivity index (χ4v) is 4.09. The van der Waals surface area contributed by atoms with E-state index in [4.69, 9.17) is 4.74 Å². The molecular weight excluding hydrogens is 519 g/mol. The summed E-state index contributed by atoms with van der Waals surface area (Å²) in [5, 5.41) is 8.36. The van der Waals surface area contributed by atoms with Crippen molar-refractivity contribution in [2.24, 2.45) is 5.92 Å². The number of rotatable bonds is 18. The molecule has 41 heavy (non-hydrogen) atoms. The molecule has 0 bridgehead atoms. The van der Waals surface area contributed by atoms with Crippen molar-refractivity contribution < 1.29 is 23.9 Å². The second kappa shape index (κ2) is 19.2. The van der Waals surface area contributed by atoms with Gasteiger partial charge in [0.05, 0.1) is 0 Å². The summed E-state index contributed by atoms with van der Waals surface area (Å²) in [7, 11) is 6.97. The van der Waals surface area contributed by atoms with Crippen LogP contribution in [-0.2, 0) is 20.9 Å². The van der Waals surface area contributed by atoms with Crippen LogP contribution in [0.1, 0.15) is 59.4 Å². The van der Waals surface area contributed by atoms with Gasteiger partial charge in [0.15, 0.2) is 13.0 Å². The van der Waals surface area contributed by atoms with Crippen molar-refractivity contribution in [1.29, 1.82) is 0 Å². The van der Waals surface area contributed by atoms with Crippen molar-refractivity contribution in [3.05, 3.63) is 29.8 Å². The van der Waals surface area contributed by atoms with Gasteiger partial charge in [-0.3, -0.25) is 14.4 Å². The molecule has 0 aliphatic carbocycles. The molecule has 0 heterocycles. The molecule has 1 unspecified atom stereocenters. The van der Waals surface area contributed by atoms with Crippen molar-refractivity contribution >= 4 is 51.6 Å². The van der Waals surface area contributed by atoms with Crippen LogP contribution in [0.4, 0.5) is 15.3 Å². The number of likely N-dealkylation sites (N-methyl/N-ethyl adjacent to an activating group) is 1. The predicted octanol–water partition coefficient (Wildman–Crippen LogP) is 1.74. The number of anilines is 1. The van der Waals surface area contributed by atoms with Gasteiger partial charge in [-0.25, -0.2) is 4.79 Å². The second-order valence-electron chi connectivity index (χ2n) is 11.4. The van der Waals surface area contributed by atoms with Gasteiger partial charge in [-0.05, 0) is 51.1 Å². The largest absolute Gasteiger partial charge is 0.445 e. The Morgan fingerprint density at radius 1 is 0.976 bits per heavy atom. The van der Waals surface area contributed by atoms with Crippen LogP contribution in [0.2, 0.25) is 5.82 Å². The highest BCUT2D eigenvalue weighted by Gasteiger charge is 2.27. The summed E-state index contributed by atoms with van der Waals surface area (Å²) in [5.74, 6) is -0.592. The molecule has 0 spiro atoms. The van der Waals surface area contributed by atoms with Gasteiger partial charge in [0, 0.05) is 18.8 Å². The van der Waals surface area contributed by atoms with E-state index >= 15 is 0 Å². The molecule has 1 rings (SSSR count). The summed E-state index contributed by atoms with van der Waals surface area (Å²) in [6, 6.07) is 5.45. The van der Waals surface area contributed by atoms with Gasteiger partial charge in [-0.2, -0.15) is 0 Å². The van der Waals surface area contributed by atoms with Crippen LogP contribution in [0, 0.1) is 5.92 Å². The van der Waals surface area contributed by atoms with E-state index in [1.165, 1.54) is 0 Å². The first-order valence-electron chi connectivity index (χ1n) is 14.9. The maximum absolute atomic E-state index is 12.9. The molecule has 4 amide bonds. The minimum absolute atomic E-state index is 0.123. The molecule has 13 heteroatoms. The number of hydrogen-bond acceptors (Lipinski definition) is 6. The Bertz CT molecular complexity index is 965. The highest BCUT2D eigenvalue weighted by atomic mass is 16.6. The normalized spacial score (nSPS) is 13.1. The van der Waals surface area contributed by atoms with E-state index < -0.39 is 12.1 Å². The van der Waals surface area contributed by atoms with Gasteiger partial charge < -0.3 is 30.5 Å². The zero-order valence-corrected chi connectivity index (χ0v) is 26.4. The lowest BCUT2D eigenvalue weighted by Crippen LogP contribution is -2.54. The van der Waals surface area contributed by atoms with Crippen molar-refractivity contribution in [1.82, 2.24) is 20.4 Å². The molecule has 0 aliphatic heterocycles. The van der Waals surface area contributed by atoms with E-state index in [-0.39, 0.29) is 36.2 Å². The molecule has 0 fully saturated rings. The molecule has 3 N–H and O–H groups in total. The van der Waals surface area contributed by atoms with E-state index in [2.05, 4.69) is 29.8 Å². The first-order chi connectivity index (χ1) is 19.4. The second-order valence-corrected chi connectivity index (χ2v) is 11.4. The Kier molecular flexibility index (Phi) is 16.9.